The standard InChI is InChI=1S/C16H23FN2O3/c1-11(10-18)19(2)16(21)13(9-15(20)22-3)7-12-5-4-6-14(17)8-12/h4-6,8,11,13H,7,9-10,18H2,1-3H3/t11-,13+/m0/s1. The van der Waals surface area contributed by atoms with Crippen molar-refractivity contribution >= 4 is 11.9 Å². The summed E-state index contributed by atoms with van der Waals surface area (Å²) in [4.78, 5) is 25.6. The van der Waals surface area contributed by atoms with Gasteiger partial charge in [0.1, 0.15) is 5.82 Å². The van der Waals surface area contributed by atoms with E-state index in [-0.39, 0.29) is 30.6 Å². The lowest BCUT2D eigenvalue weighted by Crippen LogP contribution is -2.43. The van der Waals surface area contributed by atoms with Crippen LogP contribution in [0.15, 0.2) is 24.3 Å². The van der Waals surface area contributed by atoms with Gasteiger partial charge in [0.05, 0.1) is 19.4 Å². The van der Waals surface area contributed by atoms with E-state index < -0.39 is 11.9 Å². The lowest BCUT2D eigenvalue weighted by atomic mass is 9.94. The normalized spacial score (nSPS) is 13.3. The van der Waals surface area contributed by atoms with Crippen LogP contribution in [0.5, 0.6) is 0 Å². The third kappa shape index (κ3) is 5.11. The summed E-state index contributed by atoms with van der Waals surface area (Å²) in [6.45, 7) is 2.16. The Hall–Kier alpha value is -1.95. The molecular weight excluding hydrogens is 287 g/mol. The number of ether oxygens (including phenoxy) is 1. The van der Waals surface area contributed by atoms with Gasteiger partial charge in [0, 0.05) is 19.6 Å². The van der Waals surface area contributed by atoms with E-state index >= 15 is 0 Å². The van der Waals surface area contributed by atoms with Crippen molar-refractivity contribution in [3.05, 3.63) is 35.6 Å². The van der Waals surface area contributed by atoms with Gasteiger partial charge in [-0.25, -0.2) is 4.39 Å². The van der Waals surface area contributed by atoms with Gasteiger partial charge >= 0.3 is 5.97 Å². The van der Waals surface area contributed by atoms with Crippen LogP contribution in [0, 0.1) is 11.7 Å². The minimum atomic E-state index is -0.603. The van der Waals surface area contributed by atoms with Crippen LogP contribution in [-0.4, -0.2) is 43.5 Å². The Kier molecular flexibility index (Phi) is 6.98. The first-order valence-electron chi connectivity index (χ1n) is 7.17. The van der Waals surface area contributed by atoms with Gasteiger partial charge in [-0.1, -0.05) is 12.1 Å². The number of halogens is 1. The first kappa shape index (κ1) is 18.1. The van der Waals surface area contributed by atoms with Crippen LogP contribution in [0.1, 0.15) is 18.9 Å². The molecule has 1 aromatic rings. The van der Waals surface area contributed by atoms with E-state index in [1.54, 1.807) is 19.2 Å². The van der Waals surface area contributed by atoms with Crippen LogP contribution in [0.4, 0.5) is 4.39 Å². The topological polar surface area (TPSA) is 72.6 Å². The van der Waals surface area contributed by atoms with Crippen molar-refractivity contribution < 1.29 is 18.7 Å². The number of rotatable bonds is 7. The number of likely N-dealkylation sites (N-methyl/N-ethyl adjacent to an activating group) is 1. The number of nitrogens with zero attached hydrogens (tertiary/aromatic N) is 1. The summed E-state index contributed by atoms with van der Waals surface area (Å²) < 4.78 is 17.9. The van der Waals surface area contributed by atoms with E-state index in [0.717, 1.165) is 0 Å². The van der Waals surface area contributed by atoms with Crippen LogP contribution in [-0.2, 0) is 20.7 Å². The molecule has 0 aliphatic heterocycles. The summed E-state index contributed by atoms with van der Waals surface area (Å²) in [6, 6.07) is 5.87. The molecule has 1 rings (SSSR count). The zero-order chi connectivity index (χ0) is 16.7. The van der Waals surface area contributed by atoms with Crippen molar-refractivity contribution in [2.75, 3.05) is 20.7 Å². The summed E-state index contributed by atoms with van der Waals surface area (Å²) in [7, 11) is 2.92. The second-order valence-corrected chi connectivity index (χ2v) is 5.35. The Morgan fingerprint density at radius 1 is 1.41 bits per heavy atom. The maximum absolute atomic E-state index is 13.3. The maximum atomic E-state index is 13.3. The van der Waals surface area contributed by atoms with Gasteiger partial charge in [0.15, 0.2) is 0 Å². The highest BCUT2D eigenvalue weighted by Gasteiger charge is 2.27. The largest absolute Gasteiger partial charge is 0.469 e. The van der Waals surface area contributed by atoms with E-state index in [9.17, 15) is 14.0 Å². The van der Waals surface area contributed by atoms with Crippen molar-refractivity contribution in [1.29, 1.82) is 0 Å². The molecule has 0 saturated heterocycles. The van der Waals surface area contributed by atoms with Crippen molar-refractivity contribution in [2.45, 2.75) is 25.8 Å². The van der Waals surface area contributed by atoms with E-state index in [4.69, 9.17) is 5.73 Å². The van der Waals surface area contributed by atoms with Crippen LogP contribution < -0.4 is 5.73 Å². The zero-order valence-electron chi connectivity index (χ0n) is 13.2. The van der Waals surface area contributed by atoms with Gasteiger partial charge in [-0.15, -0.1) is 0 Å². The first-order chi connectivity index (χ1) is 10.4. The molecular formula is C16H23FN2O3. The summed E-state index contributed by atoms with van der Waals surface area (Å²) >= 11 is 0. The van der Waals surface area contributed by atoms with E-state index in [2.05, 4.69) is 4.74 Å². The zero-order valence-corrected chi connectivity index (χ0v) is 13.2. The minimum absolute atomic E-state index is 0.0481. The molecule has 122 valence electrons. The molecule has 22 heavy (non-hydrogen) atoms. The van der Waals surface area contributed by atoms with Crippen LogP contribution in [0.3, 0.4) is 0 Å². The number of amides is 1. The van der Waals surface area contributed by atoms with Gasteiger partial charge in [0.2, 0.25) is 5.91 Å². The summed E-state index contributed by atoms with van der Waals surface area (Å²) in [6.07, 6.45) is 0.223. The molecule has 2 N–H and O–H groups in total. The quantitative estimate of drug-likeness (QED) is 0.772. The Morgan fingerprint density at radius 3 is 2.64 bits per heavy atom. The van der Waals surface area contributed by atoms with E-state index in [1.807, 2.05) is 6.92 Å². The van der Waals surface area contributed by atoms with Crippen LogP contribution >= 0.6 is 0 Å². The number of nitrogens with two attached hydrogens (primary N) is 1. The van der Waals surface area contributed by atoms with Gasteiger partial charge in [-0.2, -0.15) is 0 Å². The van der Waals surface area contributed by atoms with Gasteiger partial charge in [-0.3, -0.25) is 9.59 Å². The van der Waals surface area contributed by atoms with Crippen molar-refractivity contribution in [2.24, 2.45) is 11.7 Å². The molecule has 0 bridgehead atoms. The Labute approximate surface area is 130 Å². The number of carbonyl (C=O) groups excluding carboxylic acids is 2. The first-order valence-corrected chi connectivity index (χ1v) is 7.17. The molecule has 6 heteroatoms. The fourth-order valence-corrected chi connectivity index (χ4v) is 2.14. The second kappa shape index (κ2) is 8.48. The highest BCUT2D eigenvalue weighted by atomic mass is 19.1. The smallest absolute Gasteiger partial charge is 0.306 e. The Morgan fingerprint density at radius 2 is 2.09 bits per heavy atom. The Bertz CT molecular complexity index is 522. The summed E-state index contributed by atoms with van der Waals surface area (Å²) in [5.74, 6) is -1.64. The molecule has 1 aromatic carbocycles. The number of hydrogen-bond acceptors (Lipinski definition) is 4. The van der Waals surface area contributed by atoms with Gasteiger partial charge in [-0.05, 0) is 31.0 Å². The van der Waals surface area contributed by atoms with Crippen molar-refractivity contribution in [3.63, 3.8) is 0 Å². The van der Waals surface area contributed by atoms with Crippen LogP contribution in [0.25, 0.3) is 0 Å². The number of hydrogen-bond donors (Lipinski definition) is 1. The fourth-order valence-electron chi connectivity index (χ4n) is 2.14. The summed E-state index contributed by atoms with van der Waals surface area (Å²) in [5, 5.41) is 0. The third-order valence-electron chi connectivity index (χ3n) is 3.71. The second-order valence-electron chi connectivity index (χ2n) is 5.35. The van der Waals surface area contributed by atoms with Gasteiger partial charge in [0.25, 0.3) is 0 Å². The molecule has 0 fully saturated rings. The number of methoxy groups -OCH3 is 1. The van der Waals surface area contributed by atoms with Gasteiger partial charge < -0.3 is 15.4 Å². The molecule has 0 unspecified atom stereocenters. The predicted molar refractivity (Wildman–Crippen MR) is 81.5 cm³/mol. The molecule has 2 atom stereocenters. The molecule has 0 radical (unpaired) electrons. The highest BCUT2D eigenvalue weighted by Crippen LogP contribution is 2.17. The molecule has 5 nitrogen and oxygen atoms in total. The van der Waals surface area contributed by atoms with E-state index in [0.29, 0.717) is 12.1 Å². The molecule has 0 saturated carbocycles. The SMILES string of the molecule is COC(=O)C[C@@H](Cc1cccc(F)c1)C(=O)N(C)[C@@H](C)CN. The number of benzene rings is 1. The van der Waals surface area contributed by atoms with Crippen molar-refractivity contribution in [3.8, 4) is 0 Å². The lowest BCUT2D eigenvalue weighted by Gasteiger charge is -2.28. The maximum Gasteiger partial charge on any atom is 0.306 e. The third-order valence-corrected chi connectivity index (χ3v) is 3.71. The molecule has 0 aliphatic rings. The average molecular weight is 310 g/mol. The number of esters is 1. The lowest BCUT2D eigenvalue weighted by molar-refractivity contribution is -0.147. The monoisotopic (exact) mass is 310 g/mol. The summed E-state index contributed by atoms with van der Waals surface area (Å²) in [5.41, 5.74) is 6.24. The molecule has 0 heterocycles. The molecule has 0 aliphatic carbocycles. The molecule has 0 spiro atoms. The Balaban J connectivity index is 2.92. The molecule has 0 aromatic heterocycles. The van der Waals surface area contributed by atoms with Crippen molar-refractivity contribution in [1.82, 2.24) is 4.90 Å². The minimum Gasteiger partial charge on any atom is -0.469 e. The van der Waals surface area contributed by atoms with E-state index in [1.165, 1.54) is 24.1 Å². The van der Waals surface area contributed by atoms with Crippen LogP contribution in [0.2, 0.25) is 0 Å². The molecule has 1 amide bonds. The highest BCUT2D eigenvalue weighted by molar-refractivity contribution is 5.84. The number of carbonyl (C=O) groups is 2. The predicted octanol–water partition coefficient (Wildman–Crippen LogP) is 1.35. The average Bonchev–Trinajstić information content (AvgIpc) is 2.51. The fraction of sp³-hybridized carbons (Fsp3) is 0.500.